The van der Waals surface area contributed by atoms with Crippen LogP contribution in [0.3, 0.4) is 0 Å². The molecule has 2 heteroatoms. The average Bonchev–Trinajstić information content (AvgIpc) is 1.62. The molecule has 0 bridgehead atoms. The fourth-order valence-corrected chi connectivity index (χ4v) is 1.95. The Balaban J connectivity index is 3.95. The summed E-state index contributed by atoms with van der Waals surface area (Å²) in [5.41, 5.74) is 1.30. The van der Waals surface area contributed by atoms with Gasteiger partial charge in [0, 0.05) is 0 Å². The Morgan fingerprint density at radius 1 is 1.33 bits per heavy atom. The highest BCUT2D eigenvalue weighted by molar-refractivity contribution is 6.75. The van der Waals surface area contributed by atoms with Crippen LogP contribution in [0.4, 0.5) is 0 Å². The van der Waals surface area contributed by atoms with Crippen molar-refractivity contribution in [1.82, 2.24) is 0 Å². The molecule has 0 aromatic heterocycles. The maximum Gasteiger partial charge on any atom is 0.172 e. The Kier molecular flexibility index (Phi) is 3.12. The average molecular weight is 143 g/mol. The summed E-state index contributed by atoms with van der Waals surface area (Å²) in [7, 11) is -1.15. The fourth-order valence-electron chi connectivity index (χ4n) is 0.652. The minimum Gasteiger partial charge on any atom is -0.331 e. The Bertz CT molecular complexity index is 111. The van der Waals surface area contributed by atoms with Gasteiger partial charge in [-0.05, 0) is 38.7 Å². The van der Waals surface area contributed by atoms with E-state index in [1.54, 1.807) is 0 Å². The van der Waals surface area contributed by atoms with E-state index in [2.05, 4.69) is 38.1 Å². The largest absolute Gasteiger partial charge is 0.331 e. The van der Waals surface area contributed by atoms with Gasteiger partial charge >= 0.3 is 0 Å². The molecule has 0 radical (unpaired) electrons. The second-order valence-corrected chi connectivity index (χ2v) is 7.94. The molecule has 0 aliphatic carbocycles. The van der Waals surface area contributed by atoms with Gasteiger partial charge in [0.15, 0.2) is 8.24 Å². The molecule has 0 aliphatic heterocycles. The molecular weight excluding hydrogens is 126 g/mol. The topological polar surface area (TPSA) is 12.4 Å². The summed E-state index contributed by atoms with van der Waals surface area (Å²) < 4.78 is 4.58. The third kappa shape index (κ3) is 5.76. The Labute approximate surface area is 59.3 Å². The van der Waals surface area contributed by atoms with Gasteiger partial charge in [-0.15, -0.1) is 0 Å². The van der Waals surface area contributed by atoms with Crippen LogP contribution in [0.15, 0.2) is 4.66 Å². The summed E-state index contributed by atoms with van der Waals surface area (Å²) >= 11 is 0. The van der Waals surface area contributed by atoms with Crippen molar-refractivity contribution in [2.24, 2.45) is 4.66 Å². The number of nitrogens with zero attached hydrogens (tertiary/aromatic N) is 1. The van der Waals surface area contributed by atoms with Gasteiger partial charge in [-0.25, -0.2) is 0 Å². The highest BCUT2D eigenvalue weighted by atomic mass is 28.3. The summed E-state index contributed by atoms with van der Waals surface area (Å²) in [6.07, 6.45) is 1.10. The second kappa shape index (κ2) is 3.16. The third-order valence-corrected chi connectivity index (χ3v) is 2.09. The maximum atomic E-state index is 4.58. The standard InChI is InChI=1S/C7H17NSi/c1-6-7(2)8-9(3,4)5/h6H2,1-5H3. The normalized spacial score (nSPS) is 14.1. The van der Waals surface area contributed by atoms with Crippen molar-refractivity contribution in [2.75, 3.05) is 0 Å². The zero-order valence-electron chi connectivity index (χ0n) is 7.15. The first-order valence-electron chi connectivity index (χ1n) is 3.51. The first kappa shape index (κ1) is 8.89. The zero-order valence-corrected chi connectivity index (χ0v) is 8.15. The van der Waals surface area contributed by atoms with E-state index < -0.39 is 8.24 Å². The molecule has 0 rings (SSSR count). The lowest BCUT2D eigenvalue weighted by molar-refractivity contribution is 1.26. The molecule has 0 atom stereocenters. The Hall–Kier alpha value is -0.113. The molecule has 0 saturated heterocycles. The quantitative estimate of drug-likeness (QED) is 0.416. The monoisotopic (exact) mass is 143 g/mol. The Morgan fingerprint density at radius 2 is 1.78 bits per heavy atom. The molecule has 54 valence electrons. The molecule has 9 heavy (non-hydrogen) atoms. The van der Waals surface area contributed by atoms with Crippen LogP contribution in [0.5, 0.6) is 0 Å². The highest BCUT2D eigenvalue weighted by Crippen LogP contribution is 2.03. The summed E-state index contributed by atoms with van der Waals surface area (Å²) in [5, 5.41) is 0. The first-order valence-corrected chi connectivity index (χ1v) is 6.96. The summed E-state index contributed by atoms with van der Waals surface area (Å²) in [6, 6.07) is 0. The second-order valence-electron chi connectivity index (χ2n) is 3.37. The minimum atomic E-state index is -1.15. The van der Waals surface area contributed by atoms with E-state index in [4.69, 9.17) is 0 Å². The highest BCUT2D eigenvalue weighted by Gasteiger charge is 2.09. The van der Waals surface area contributed by atoms with E-state index in [1.165, 1.54) is 5.71 Å². The Morgan fingerprint density at radius 3 is 1.89 bits per heavy atom. The third-order valence-electron chi connectivity index (χ3n) is 1.04. The molecule has 0 heterocycles. The van der Waals surface area contributed by atoms with Gasteiger partial charge in [0.25, 0.3) is 0 Å². The fraction of sp³-hybridized carbons (Fsp3) is 0.857. The summed E-state index contributed by atoms with van der Waals surface area (Å²) in [6.45, 7) is 11.0. The van der Waals surface area contributed by atoms with Crippen molar-refractivity contribution in [3.63, 3.8) is 0 Å². The van der Waals surface area contributed by atoms with Gasteiger partial charge in [-0.3, -0.25) is 0 Å². The molecule has 1 nitrogen and oxygen atoms in total. The van der Waals surface area contributed by atoms with Crippen LogP contribution in [-0.2, 0) is 0 Å². The predicted molar refractivity (Wildman–Crippen MR) is 46.7 cm³/mol. The van der Waals surface area contributed by atoms with E-state index >= 15 is 0 Å². The van der Waals surface area contributed by atoms with Gasteiger partial charge in [0.1, 0.15) is 0 Å². The minimum absolute atomic E-state index is 1.10. The number of hydrogen-bond donors (Lipinski definition) is 0. The lowest BCUT2D eigenvalue weighted by Crippen LogP contribution is -2.18. The van der Waals surface area contributed by atoms with Crippen LogP contribution < -0.4 is 0 Å². The van der Waals surface area contributed by atoms with Crippen LogP contribution in [0.2, 0.25) is 19.6 Å². The molecule has 0 aromatic carbocycles. The van der Waals surface area contributed by atoms with Crippen molar-refractivity contribution in [3.05, 3.63) is 0 Å². The molecule has 0 fully saturated rings. The van der Waals surface area contributed by atoms with Gasteiger partial charge in [-0.2, -0.15) is 0 Å². The maximum absolute atomic E-state index is 4.58. The van der Waals surface area contributed by atoms with E-state index in [1.807, 2.05) is 0 Å². The molecule has 0 saturated carbocycles. The van der Waals surface area contributed by atoms with Crippen LogP contribution in [-0.4, -0.2) is 13.9 Å². The summed E-state index contributed by atoms with van der Waals surface area (Å²) in [5.74, 6) is 0. The van der Waals surface area contributed by atoms with Gasteiger partial charge in [-0.1, -0.05) is 6.92 Å². The molecule has 0 aromatic rings. The molecular formula is C7H17NSi. The van der Waals surface area contributed by atoms with Crippen LogP contribution >= 0.6 is 0 Å². The van der Waals surface area contributed by atoms with Gasteiger partial charge < -0.3 is 4.66 Å². The number of hydrogen-bond acceptors (Lipinski definition) is 1. The molecule has 0 aliphatic rings. The molecule has 0 spiro atoms. The molecule has 0 unspecified atom stereocenters. The van der Waals surface area contributed by atoms with E-state index in [0.717, 1.165) is 6.42 Å². The van der Waals surface area contributed by atoms with Gasteiger partial charge in [0.2, 0.25) is 0 Å². The molecule has 0 N–H and O–H groups in total. The SMILES string of the molecule is CCC(C)=N[Si](C)(C)C. The van der Waals surface area contributed by atoms with Crippen LogP contribution in [0, 0.1) is 0 Å². The van der Waals surface area contributed by atoms with Gasteiger partial charge in [0.05, 0.1) is 0 Å². The van der Waals surface area contributed by atoms with Crippen molar-refractivity contribution >= 4 is 13.9 Å². The van der Waals surface area contributed by atoms with E-state index in [0.29, 0.717) is 0 Å². The predicted octanol–water partition coefficient (Wildman–Crippen LogP) is 2.69. The van der Waals surface area contributed by atoms with Crippen LogP contribution in [0.1, 0.15) is 20.3 Å². The lowest BCUT2D eigenvalue weighted by atomic mass is 10.3. The van der Waals surface area contributed by atoms with Crippen molar-refractivity contribution < 1.29 is 0 Å². The van der Waals surface area contributed by atoms with Crippen molar-refractivity contribution in [3.8, 4) is 0 Å². The van der Waals surface area contributed by atoms with E-state index in [9.17, 15) is 0 Å². The summed E-state index contributed by atoms with van der Waals surface area (Å²) in [4.78, 5) is 0. The smallest absolute Gasteiger partial charge is 0.172 e. The van der Waals surface area contributed by atoms with Crippen molar-refractivity contribution in [1.29, 1.82) is 0 Å². The first-order chi connectivity index (χ1) is 3.95. The molecule has 0 amide bonds. The zero-order chi connectivity index (χ0) is 7.49. The lowest BCUT2D eigenvalue weighted by Gasteiger charge is -2.09. The number of rotatable bonds is 2. The van der Waals surface area contributed by atoms with Crippen molar-refractivity contribution in [2.45, 2.75) is 39.9 Å². The van der Waals surface area contributed by atoms with E-state index in [-0.39, 0.29) is 0 Å². The van der Waals surface area contributed by atoms with Crippen LogP contribution in [0.25, 0.3) is 0 Å².